The summed E-state index contributed by atoms with van der Waals surface area (Å²) in [5.41, 5.74) is 19.6. The molecule has 3 aliphatic rings. The van der Waals surface area contributed by atoms with E-state index in [2.05, 4.69) is 242 Å². The van der Waals surface area contributed by atoms with Gasteiger partial charge in [0.25, 0.3) is 0 Å². The Hall–Kier alpha value is -7.59. The van der Waals surface area contributed by atoms with Gasteiger partial charge in [-0.2, -0.15) is 0 Å². The predicted molar refractivity (Wildman–Crippen MR) is 272 cm³/mol. The van der Waals surface area contributed by atoms with Crippen LogP contribution in [0.4, 0.5) is 17.1 Å². The van der Waals surface area contributed by atoms with Crippen LogP contribution in [0.2, 0.25) is 0 Å². The van der Waals surface area contributed by atoms with Crippen molar-refractivity contribution < 1.29 is 0 Å². The second-order valence-electron chi connectivity index (χ2n) is 18.4. The fourth-order valence-electron chi connectivity index (χ4n) is 12.0. The lowest BCUT2D eigenvalue weighted by atomic mass is 9.59. The predicted octanol–water partition coefficient (Wildman–Crippen LogP) is 16.5. The van der Waals surface area contributed by atoms with Crippen molar-refractivity contribution in [3.05, 3.63) is 252 Å². The van der Waals surface area contributed by atoms with E-state index in [1.54, 1.807) is 0 Å². The molecule has 0 atom stereocenters. The Balaban J connectivity index is 1.03. The van der Waals surface area contributed by atoms with Gasteiger partial charge in [0.05, 0.1) is 16.4 Å². The number of rotatable bonds is 4. The second kappa shape index (κ2) is 13.5. The highest BCUT2D eigenvalue weighted by molar-refractivity contribution is 7.99. The van der Waals surface area contributed by atoms with Gasteiger partial charge < -0.3 is 9.47 Å². The molecule has 14 rings (SSSR count). The summed E-state index contributed by atoms with van der Waals surface area (Å²) in [6, 6.07) is 82.2. The molecule has 0 bridgehead atoms. The van der Waals surface area contributed by atoms with Crippen molar-refractivity contribution in [2.45, 2.75) is 34.5 Å². The van der Waals surface area contributed by atoms with Gasteiger partial charge in [-0.1, -0.05) is 177 Å². The Bertz CT molecular complexity index is 3750. The number of fused-ring (bicyclic) bond motifs is 14. The van der Waals surface area contributed by atoms with Gasteiger partial charge in [-0.3, -0.25) is 0 Å². The average Bonchev–Trinajstić information content (AvgIpc) is 3.80. The summed E-state index contributed by atoms with van der Waals surface area (Å²) in [4.78, 5) is 5.07. The number of para-hydroxylation sites is 2. The standard InChI is InChI=1S/C62H42N2S/c1-61(2)50-23-8-6-20-44(50)45-33-31-42(36-54(45)61)64-56-27-11-7-21-47(56)48-35-32-43(38-57(48)64)63(40-18-4-3-5-19-40)41-30-34-46-49-22-14-16-39-17-15-26-53(60(39)49)62(55(46)37-41)51-24-9-12-28-58(51)65-59-29-13-10-25-52(59)62/h3-38H,1-2H3. The summed E-state index contributed by atoms with van der Waals surface area (Å²) in [5, 5.41) is 5.10. The minimum Gasteiger partial charge on any atom is -0.310 e. The molecule has 0 N–H and O–H groups in total. The molecule has 3 heteroatoms. The molecule has 11 aromatic rings. The second-order valence-corrected chi connectivity index (χ2v) is 19.5. The fraction of sp³-hybridized carbons (Fsp3) is 0.0645. The lowest BCUT2D eigenvalue weighted by Crippen LogP contribution is -2.36. The molecular weight excluding hydrogens is 805 g/mol. The summed E-state index contributed by atoms with van der Waals surface area (Å²) >= 11 is 1.89. The summed E-state index contributed by atoms with van der Waals surface area (Å²) in [6.07, 6.45) is 0. The molecule has 2 heterocycles. The van der Waals surface area contributed by atoms with Crippen LogP contribution in [0.3, 0.4) is 0 Å². The first-order valence-corrected chi connectivity index (χ1v) is 23.5. The van der Waals surface area contributed by atoms with Gasteiger partial charge in [-0.15, -0.1) is 0 Å². The quantitative estimate of drug-likeness (QED) is 0.174. The van der Waals surface area contributed by atoms with Crippen molar-refractivity contribution in [1.82, 2.24) is 4.57 Å². The molecule has 1 spiro atoms. The third kappa shape index (κ3) is 4.96. The highest BCUT2D eigenvalue weighted by atomic mass is 32.2. The van der Waals surface area contributed by atoms with Crippen LogP contribution in [0.25, 0.3) is 60.5 Å². The third-order valence-corrected chi connectivity index (χ3v) is 16.0. The SMILES string of the molecule is CC1(C)c2ccccc2-c2ccc(-n3c4ccccc4c4ccc(N(c5ccccc5)c5ccc6c(c5)C5(c7ccccc7Sc7ccccc75)c5cccc7cccc-6c57)cc43)cc21. The van der Waals surface area contributed by atoms with Gasteiger partial charge in [0, 0.05) is 48.7 Å². The van der Waals surface area contributed by atoms with E-state index in [4.69, 9.17) is 0 Å². The number of anilines is 3. The highest BCUT2D eigenvalue weighted by Gasteiger charge is 2.49. The van der Waals surface area contributed by atoms with Crippen LogP contribution >= 0.6 is 11.8 Å². The minimum atomic E-state index is -0.544. The molecule has 1 aliphatic heterocycles. The Kier molecular flexibility index (Phi) is 7.63. The van der Waals surface area contributed by atoms with Crippen molar-refractivity contribution >= 4 is 61.4 Å². The molecule has 0 saturated heterocycles. The first-order chi connectivity index (χ1) is 32.0. The van der Waals surface area contributed by atoms with Gasteiger partial charge in [-0.25, -0.2) is 0 Å². The molecule has 1 aromatic heterocycles. The average molecular weight is 847 g/mol. The Morgan fingerprint density at radius 2 is 0.969 bits per heavy atom. The van der Waals surface area contributed by atoms with E-state index in [0.717, 1.165) is 17.1 Å². The summed E-state index contributed by atoms with van der Waals surface area (Å²) in [7, 11) is 0. The van der Waals surface area contributed by atoms with Crippen LogP contribution in [0, 0.1) is 0 Å². The topological polar surface area (TPSA) is 8.17 Å². The number of aromatic nitrogens is 1. The fourth-order valence-corrected chi connectivity index (χ4v) is 13.2. The number of nitrogens with zero attached hydrogens (tertiary/aromatic N) is 2. The monoisotopic (exact) mass is 846 g/mol. The van der Waals surface area contributed by atoms with E-state index in [-0.39, 0.29) is 5.41 Å². The van der Waals surface area contributed by atoms with Crippen LogP contribution < -0.4 is 4.90 Å². The van der Waals surface area contributed by atoms with Crippen molar-refractivity contribution in [3.8, 4) is 27.9 Å². The van der Waals surface area contributed by atoms with E-state index in [1.807, 2.05) is 11.8 Å². The van der Waals surface area contributed by atoms with Gasteiger partial charge in [0.15, 0.2) is 0 Å². The zero-order chi connectivity index (χ0) is 43.0. The van der Waals surface area contributed by atoms with Crippen molar-refractivity contribution in [2.24, 2.45) is 0 Å². The minimum absolute atomic E-state index is 0.107. The van der Waals surface area contributed by atoms with Crippen LogP contribution in [0.15, 0.2) is 228 Å². The van der Waals surface area contributed by atoms with E-state index >= 15 is 0 Å². The van der Waals surface area contributed by atoms with Crippen LogP contribution in [0.5, 0.6) is 0 Å². The normalized spacial score (nSPS) is 14.5. The summed E-state index contributed by atoms with van der Waals surface area (Å²) in [5.74, 6) is 0. The summed E-state index contributed by atoms with van der Waals surface area (Å²) in [6.45, 7) is 4.74. The van der Waals surface area contributed by atoms with Gasteiger partial charge >= 0.3 is 0 Å². The number of hydrogen-bond acceptors (Lipinski definition) is 2. The highest BCUT2D eigenvalue weighted by Crippen LogP contribution is 2.62. The molecule has 65 heavy (non-hydrogen) atoms. The van der Waals surface area contributed by atoms with Crippen molar-refractivity contribution in [2.75, 3.05) is 4.90 Å². The molecule has 0 unspecified atom stereocenters. The lowest BCUT2D eigenvalue weighted by Gasteiger charge is -2.46. The maximum atomic E-state index is 2.51. The Labute approximate surface area is 383 Å². The maximum Gasteiger partial charge on any atom is 0.0736 e. The molecule has 306 valence electrons. The lowest BCUT2D eigenvalue weighted by molar-refractivity contribution is 0.660. The molecule has 0 radical (unpaired) electrons. The Morgan fingerprint density at radius 3 is 1.78 bits per heavy atom. The van der Waals surface area contributed by atoms with Gasteiger partial charge in [0.2, 0.25) is 0 Å². The van der Waals surface area contributed by atoms with Gasteiger partial charge in [-0.05, 0) is 133 Å². The molecule has 0 amide bonds. The zero-order valence-corrected chi connectivity index (χ0v) is 36.9. The number of hydrogen-bond donors (Lipinski definition) is 0. The molecule has 2 nitrogen and oxygen atoms in total. The first kappa shape index (κ1) is 36.8. The van der Waals surface area contributed by atoms with Crippen LogP contribution in [-0.4, -0.2) is 4.57 Å². The Morgan fingerprint density at radius 1 is 0.385 bits per heavy atom. The van der Waals surface area contributed by atoms with Gasteiger partial charge in [0.1, 0.15) is 0 Å². The van der Waals surface area contributed by atoms with Crippen molar-refractivity contribution in [3.63, 3.8) is 0 Å². The summed E-state index contributed by atoms with van der Waals surface area (Å²) < 4.78 is 2.49. The maximum absolute atomic E-state index is 2.51. The van der Waals surface area contributed by atoms with E-state index in [9.17, 15) is 0 Å². The van der Waals surface area contributed by atoms with Crippen molar-refractivity contribution in [1.29, 1.82) is 0 Å². The molecule has 0 fully saturated rings. The van der Waals surface area contributed by atoms with E-state index in [1.165, 1.54) is 104 Å². The smallest absolute Gasteiger partial charge is 0.0736 e. The first-order valence-electron chi connectivity index (χ1n) is 22.7. The molecule has 10 aromatic carbocycles. The zero-order valence-electron chi connectivity index (χ0n) is 36.1. The third-order valence-electron chi connectivity index (χ3n) is 14.8. The van der Waals surface area contributed by atoms with Crippen LogP contribution in [0.1, 0.15) is 47.2 Å². The molecule has 2 aliphatic carbocycles. The molecule has 0 saturated carbocycles. The largest absolute Gasteiger partial charge is 0.310 e. The number of benzene rings is 10. The van der Waals surface area contributed by atoms with E-state index in [0.29, 0.717) is 0 Å². The molecular formula is C62H42N2S. The van der Waals surface area contributed by atoms with Crippen LogP contribution in [-0.2, 0) is 10.8 Å². The van der Waals surface area contributed by atoms with E-state index < -0.39 is 5.41 Å².